The first-order valence-electron chi connectivity index (χ1n) is 6.86. The second kappa shape index (κ2) is 5.86. The highest BCUT2D eigenvalue weighted by atomic mass is 19.1. The highest BCUT2D eigenvalue weighted by molar-refractivity contribution is 5.72. The van der Waals surface area contributed by atoms with E-state index in [1.165, 1.54) is 6.07 Å². The van der Waals surface area contributed by atoms with Crippen LogP contribution in [0.3, 0.4) is 0 Å². The summed E-state index contributed by atoms with van der Waals surface area (Å²) in [4.78, 5) is 8.32. The number of aromatic nitrogens is 1. The molecule has 3 rings (SSSR count). The van der Waals surface area contributed by atoms with Crippen LogP contribution >= 0.6 is 0 Å². The van der Waals surface area contributed by atoms with Gasteiger partial charge in [-0.05, 0) is 23.8 Å². The van der Waals surface area contributed by atoms with Crippen molar-refractivity contribution in [3.63, 3.8) is 0 Å². The molecule has 1 aromatic heterocycles. The lowest BCUT2D eigenvalue weighted by atomic mass is 9.98. The molecule has 1 unspecified atom stereocenters. The topological polar surface area (TPSA) is 60.5 Å². The number of ether oxygens (including phenoxy) is 1. The Hall–Kier alpha value is -2.87. The molecule has 0 fully saturated rings. The molecule has 1 aromatic carbocycles. The van der Waals surface area contributed by atoms with Crippen LogP contribution < -0.4 is 5.73 Å². The highest BCUT2D eigenvalue weighted by Crippen LogP contribution is 2.30. The van der Waals surface area contributed by atoms with E-state index in [1.807, 2.05) is 6.07 Å². The normalized spacial score (nSPS) is 17.3. The Labute approximate surface area is 127 Å². The van der Waals surface area contributed by atoms with E-state index >= 15 is 0 Å². The number of terminal acetylenes is 1. The average Bonchev–Trinajstić information content (AvgIpc) is 2.55. The Kier molecular flexibility index (Phi) is 3.75. The number of nitrogens with zero attached hydrogens (tertiary/aromatic N) is 2. The van der Waals surface area contributed by atoms with Crippen molar-refractivity contribution in [3.05, 3.63) is 53.6 Å². The number of pyridine rings is 1. The SMILES string of the molecule is C#Cc1ccc(-c2ccc(F)c(C3CCOC(N)=N3)c2)cn1. The van der Waals surface area contributed by atoms with E-state index in [9.17, 15) is 4.39 Å². The Bertz CT molecular complexity index is 762. The molecule has 0 aliphatic carbocycles. The minimum absolute atomic E-state index is 0.0982. The third-order valence-corrected chi connectivity index (χ3v) is 3.52. The van der Waals surface area contributed by atoms with Crippen molar-refractivity contribution in [2.45, 2.75) is 12.5 Å². The molecule has 22 heavy (non-hydrogen) atoms. The highest BCUT2D eigenvalue weighted by Gasteiger charge is 2.20. The largest absolute Gasteiger partial charge is 0.465 e. The fraction of sp³-hybridized carbons (Fsp3) is 0.176. The van der Waals surface area contributed by atoms with Gasteiger partial charge in [0, 0.05) is 23.7 Å². The molecule has 0 saturated heterocycles. The molecule has 2 N–H and O–H groups in total. The fourth-order valence-electron chi connectivity index (χ4n) is 2.38. The van der Waals surface area contributed by atoms with Crippen LogP contribution in [0.4, 0.5) is 4.39 Å². The van der Waals surface area contributed by atoms with Gasteiger partial charge in [-0.2, -0.15) is 0 Å². The Morgan fingerprint density at radius 1 is 1.27 bits per heavy atom. The molecule has 110 valence electrons. The van der Waals surface area contributed by atoms with Crippen molar-refractivity contribution in [2.24, 2.45) is 10.7 Å². The lowest BCUT2D eigenvalue weighted by Gasteiger charge is -2.20. The monoisotopic (exact) mass is 295 g/mol. The van der Waals surface area contributed by atoms with Crippen LogP contribution in [-0.4, -0.2) is 17.6 Å². The van der Waals surface area contributed by atoms with E-state index in [0.717, 1.165) is 11.1 Å². The summed E-state index contributed by atoms with van der Waals surface area (Å²) in [7, 11) is 0. The predicted molar refractivity (Wildman–Crippen MR) is 82.5 cm³/mol. The van der Waals surface area contributed by atoms with Gasteiger partial charge in [-0.25, -0.2) is 14.4 Å². The number of benzene rings is 1. The summed E-state index contributed by atoms with van der Waals surface area (Å²) < 4.78 is 19.2. The van der Waals surface area contributed by atoms with Gasteiger partial charge in [0.05, 0.1) is 12.6 Å². The maximum absolute atomic E-state index is 14.1. The molecule has 2 heterocycles. The second-order valence-electron chi connectivity index (χ2n) is 4.93. The van der Waals surface area contributed by atoms with Crippen molar-refractivity contribution in [2.75, 3.05) is 6.61 Å². The maximum Gasteiger partial charge on any atom is 0.282 e. The van der Waals surface area contributed by atoms with Gasteiger partial charge in [-0.3, -0.25) is 0 Å². The van der Waals surface area contributed by atoms with Crippen molar-refractivity contribution in [1.82, 2.24) is 4.98 Å². The smallest absolute Gasteiger partial charge is 0.282 e. The van der Waals surface area contributed by atoms with Crippen molar-refractivity contribution < 1.29 is 9.13 Å². The molecule has 0 spiro atoms. The van der Waals surface area contributed by atoms with Gasteiger partial charge in [-0.1, -0.05) is 18.1 Å². The molecular weight excluding hydrogens is 281 g/mol. The van der Waals surface area contributed by atoms with Crippen molar-refractivity contribution in [1.29, 1.82) is 0 Å². The zero-order valence-corrected chi connectivity index (χ0v) is 11.8. The molecule has 1 atom stereocenters. The van der Waals surface area contributed by atoms with Gasteiger partial charge in [0.1, 0.15) is 11.5 Å². The first-order valence-corrected chi connectivity index (χ1v) is 6.86. The third-order valence-electron chi connectivity index (χ3n) is 3.52. The molecule has 2 aromatic rings. The average molecular weight is 295 g/mol. The van der Waals surface area contributed by atoms with Gasteiger partial charge in [0.2, 0.25) is 0 Å². The van der Waals surface area contributed by atoms with Crippen LogP contribution in [0.5, 0.6) is 0 Å². The van der Waals surface area contributed by atoms with Gasteiger partial charge in [0.15, 0.2) is 0 Å². The van der Waals surface area contributed by atoms with Gasteiger partial charge >= 0.3 is 0 Å². The van der Waals surface area contributed by atoms with E-state index in [2.05, 4.69) is 15.9 Å². The number of amidine groups is 1. The van der Waals surface area contributed by atoms with E-state index in [4.69, 9.17) is 16.9 Å². The number of hydrogen-bond acceptors (Lipinski definition) is 4. The summed E-state index contributed by atoms with van der Waals surface area (Å²) >= 11 is 0. The van der Waals surface area contributed by atoms with Crippen LogP contribution in [0, 0.1) is 18.2 Å². The standard InChI is InChI=1S/C17H14FN3O/c1-2-13-5-3-12(10-20-13)11-4-6-15(18)14(9-11)16-7-8-22-17(19)21-16/h1,3-6,9-10,16H,7-8H2,(H2,19,21). The first-order chi connectivity index (χ1) is 10.7. The van der Waals surface area contributed by atoms with Gasteiger partial charge in [0.25, 0.3) is 6.02 Å². The second-order valence-corrected chi connectivity index (χ2v) is 4.93. The third kappa shape index (κ3) is 2.77. The molecule has 4 nitrogen and oxygen atoms in total. The maximum atomic E-state index is 14.1. The van der Waals surface area contributed by atoms with Gasteiger partial charge < -0.3 is 10.5 Å². The van der Waals surface area contributed by atoms with Crippen LogP contribution in [0.15, 0.2) is 41.5 Å². The number of halogens is 1. The van der Waals surface area contributed by atoms with Crippen LogP contribution in [-0.2, 0) is 4.74 Å². The van der Waals surface area contributed by atoms with Crippen LogP contribution in [0.25, 0.3) is 11.1 Å². The summed E-state index contributed by atoms with van der Waals surface area (Å²) in [5.74, 6) is 2.16. The summed E-state index contributed by atoms with van der Waals surface area (Å²) in [5, 5.41) is 0. The van der Waals surface area contributed by atoms with Crippen molar-refractivity contribution >= 4 is 6.02 Å². The zero-order chi connectivity index (χ0) is 15.5. The van der Waals surface area contributed by atoms with Crippen LogP contribution in [0.2, 0.25) is 0 Å². The Morgan fingerprint density at radius 3 is 2.77 bits per heavy atom. The lowest BCUT2D eigenvalue weighted by molar-refractivity contribution is 0.255. The summed E-state index contributed by atoms with van der Waals surface area (Å²) in [6, 6.07) is 8.30. The summed E-state index contributed by atoms with van der Waals surface area (Å²) in [6.07, 6.45) is 7.56. The van der Waals surface area contributed by atoms with E-state index in [0.29, 0.717) is 24.3 Å². The van der Waals surface area contributed by atoms with Crippen molar-refractivity contribution in [3.8, 4) is 23.5 Å². The molecule has 1 aliphatic heterocycles. The minimum atomic E-state index is -0.327. The first kappa shape index (κ1) is 14.1. The minimum Gasteiger partial charge on any atom is -0.465 e. The Balaban J connectivity index is 1.99. The number of aliphatic imine (C=N–C) groups is 1. The Morgan fingerprint density at radius 2 is 2.09 bits per heavy atom. The lowest BCUT2D eigenvalue weighted by Crippen LogP contribution is -2.24. The molecule has 1 aliphatic rings. The quantitative estimate of drug-likeness (QED) is 0.866. The molecule has 0 radical (unpaired) electrons. The molecule has 0 saturated carbocycles. The number of nitrogens with two attached hydrogens (primary N) is 1. The van der Waals surface area contributed by atoms with Gasteiger partial charge in [-0.15, -0.1) is 6.42 Å². The fourth-order valence-corrected chi connectivity index (χ4v) is 2.38. The molecular formula is C17H14FN3O. The van der Waals surface area contributed by atoms with E-state index < -0.39 is 0 Å². The molecule has 0 bridgehead atoms. The van der Waals surface area contributed by atoms with Crippen LogP contribution in [0.1, 0.15) is 23.7 Å². The molecule has 0 amide bonds. The van der Waals surface area contributed by atoms with E-state index in [-0.39, 0.29) is 17.9 Å². The number of hydrogen-bond donors (Lipinski definition) is 1. The summed E-state index contributed by atoms with van der Waals surface area (Å²) in [6.45, 7) is 0.433. The molecule has 5 heteroatoms. The van der Waals surface area contributed by atoms with E-state index in [1.54, 1.807) is 24.4 Å². The zero-order valence-electron chi connectivity index (χ0n) is 11.8. The summed E-state index contributed by atoms with van der Waals surface area (Å²) in [5.41, 5.74) is 8.36. The predicted octanol–water partition coefficient (Wildman–Crippen LogP) is 2.65. The number of rotatable bonds is 2.